The first kappa shape index (κ1) is 17.0. The summed E-state index contributed by atoms with van der Waals surface area (Å²) >= 11 is 0. The lowest BCUT2D eigenvalue weighted by molar-refractivity contribution is 0.0893. The second-order valence-electron chi connectivity index (χ2n) is 3.21. The molecule has 0 rings (SSSR count). The molecule has 0 saturated heterocycles. The minimum absolute atomic E-state index is 0.0895. The predicted molar refractivity (Wildman–Crippen MR) is 62.4 cm³/mol. The molecule has 0 spiro atoms. The molecule has 0 bridgehead atoms. The van der Waals surface area contributed by atoms with Crippen LogP contribution in [0, 0.1) is 0 Å². The van der Waals surface area contributed by atoms with E-state index in [4.69, 9.17) is 9.47 Å². The predicted octanol–water partition coefficient (Wildman–Crippen LogP) is 2.41. The molecular weight excluding hydrogens is 247 g/mol. The summed E-state index contributed by atoms with van der Waals surface area (Å²) in [6.45, 7) is 6.13. The molecule has 0 aliphatic heterocycles. The van der Waals surface area contributed by atoms with Crippen LogP contribution < -0.4 is 0 Å². The standard InChI is InChI=1S/C10H22O6P/c1-3-13-7-5-9-15-17(11,12)16-10-6-8-14-4-2/h3-10H2,1-2H3. The Kier molecular flexibility index (Phi) is 11.2. The van der Waals surface area contributed by atoms with Gasteiger partial charge in [-0.3, -0.25) is 9.05 Å². The summed E-state index contributed by atoms with van der Waals surface area (Å²) in [5.74, 6) is 0. The first-order valence-corrected chi connectivity index (χ1v) is 7.34. The maximum atomic E-state index is 11.2. The molecule has 0 aromatic carbocycles. The van der Waals surface area contributed by atoms with E-state index in [-0.39, 0.29) is 13.2 Å². The first-order chi connectivity index (χ1) is 8.12. The third-order valence-corrected chi connectivity index (χ3v) is 2.77. The summed E-state index contributed by atoms with van der Waals surface area (Å²) in [5.41, 5.74) is 0. The Labute approximate surface area is 103 Å². The molecule has 7 heteroatoms. The Morgan fingerprint density at radius 2 is 1.24 bits per heavy atom. The van der Waals surface area contributed by atoms with E-state index in [0.29, 0.717) is 39.3 Å². The van der Waals surface area contributed by atoms with Crippen molar-refractivity contribution >= 4 is 7.82 Å². The molecule has 0 heterocycles. The van der Waals surface area contributed by atoms with Gasteiger partial charge in [0.25, 0.3) is 0 Å². The van der Waals surface area contributed by atoms with Crippen molar-refractivity contribution in [3.05, 3.63) is 0 Å². The van der Waals surface area contributed by atoms with Crippen LogP contribution in [-0.2, 0) is 28.0 Å². The highest BCUT2D eigenvalue weighted by Gasteiger charge is 2.22. The summed E-state index contributed by atoms with van der Waals surface area (Å²) in [5, 5.41) is 0. The average Bonchev–Trinajstić information content (AvgIpc) is 2.28. The molecule has 103 valence electrons. The van der Waals surface area contributed by atoms with Crippen LogP contribution in [-0.4, -0.2) is 39.6 Å². The number of hydrogen-bond acceptors (Lipinski definition) is 5. The third-order valence-electron chi connectivity index (χ3n) is 1.77. The molecule has 1 radical (unpaired) electrons. The second kappa shape index (κ2) is 11.1. The van der Waals surface area contributed by atoms with Gasteiger partial charge in [-0.1, -0.05) is 0 Å². The maximum absolute atomic E-state index is 11.2. The van der Waals surface area contributed by atoms with Crippen LogP contribution in [0.2, 0.25) is 0 Å². The van der Waals surface area contributed by atoms with E-state index in [1.807, 2.05) is 13.8 Å². The van der Waals surface area contributed by atoms with Crippen molar-refractivity contribution in [2.75, 3.05) is 39.6 Å². The van der Waals surface area contributed by atoms with E-state index in [9.17, 15) is 9.46 Å². The number of ether oxygens (including phenoxy) is 2. The summed E-state index contributed by atoms with van der Waals surface area (Å²) in [6.07, 6.45) is 1.06. The Hall–Kier alpha value is 0.0300. The molecule has 0 aromatic heterocycles. The van der Waals surface area contributed by atoms with E-state index in [2.05, 4.69) is 9.05 Å². The van der Waals surface area contributed by atoms with Crippen LogP contribution in [0.25, 0.3) is 0 Å². The van der Waals surface area contributed by atoms with Gasteiger partial charge in [0, 0.05) is 26.4 Å². The summed E-state index contributed by atoms with van der Waals surface area (Å²) < 4.78 is 30.6. The van der Waals surface area contributed by atoms with Gasteiger partial charge in [-0.15, -0.1) is 4.89 Å². The second-order valence-corrected chi connectivity index (χ2v) is 4.63. The Morgan fingerprint density at radius 3 is 1.59 bits per heavy atom. The molecule has 17 heavy (non-hydrogen) atoms. The van der Waals surface area contributed by atoms with Gasteiger partial charge in [0.05, 0.1) is 13.2 Å². The van der Waals surface area contributed by atoms with Crippen LogP contribution >= 0.6 is 7.82 Å². The first-order valence-electron chi connectivity index (χ1n) is 5.88. The summed E-state index contributed by atoms with van der Waals surface area (Å²) in [4.78, 5) is 11.2. The third kappa shape index (κ3) is 12.3. The molecule has 0 aliphatic carbocycles. The SMILES string of the molecule is CCOCCCOP([O])(=O)OCCCOCC. The largest absolute Gasteiger partial charge is 0.502 e. The molecule has 0 aliphatic rings. The fourth-order valence-electron chi connectivity index (χ4n) is 1.00. The highest BCUT2D eigenvalue weighted by Crippen LogP contribution is 2.44. The zero-order valence-electron chi connectivity index (χ0n) is 10.6. The maximum Gasteiger partial charge on any atom is 0.502 e. The van der Waals surface area contributed by atoms with Gasteiger partial charge in [0.15, 0.2) is 0 Å². The van der Waals surface area contributed by atoms with E-state index in [1.54, 1.807) is 0 Å². The zero-order chi connectivity index (χ0) is 13.0. The van der Waals surface area contributed by atoms with Crippen LogP contribution in [0.3, 0.4) is 0 Å². The number of hydrogen-bond donors (Lipinski definition) is 0. The van der Waals surface area contributed by atoms with Gasteiger partial charge in [0.2, 0.25) is 0 Å². The van der Waals surface area contributed by atoms with E-state index in [0.717, 1.165) is 0 Å². The highest BCUT2D eigenvalue weighted by atomic mass is 31.2. The van der Waals surface area contributed by atoms with Crippen LogP contribution in [0.15, 0.2) is 0 Å². The van der Waals surface area contributed by atoms with Gasteiger partial charge in [0.1, 0.15) is 0 Å². The highest BCUT2D eigenvalue weighted by molar-refractivity contribution is 7.47. The smallest absolute Gasteiger partial charge is 0.382 e. The lowest BCUT2D eigenvalue weighted by Gasteiger charge is -2.10. The van der Waals surface area contributed by atoms with Crippen molar-refractivity contribution in [3.8, 4) is 0 Å². The van der Waals surface area contributed by atoms with Crippen molar-refractivity contribution in [1.29, 1.82) is 0 Å². The Morgan fingerprint density at radius 1 is 0.824 bits per heavy atom. The van der Waals surface area contributed by atoms with Gasteiger partial charge in [-0.25, -0.2) is 4.57 Å². The van der Waals surface area contributed by atoms with Crippen molar-refractivity contribution in [2.45, 2.75) is 26.7 Å². The van der Waals surface area contributed by atoms with Crippen molar-refractivity contribution in [3.63, 3.8) is 0 Å². The van der Waals surface area contributed by atoms with E-state index < -0.39 is 7.82 Å². The lowest BCUT2D eigenvalue weighted by Crippen LogP contribution is -2.03. The molecule has 0 N–H and O–H groups in total. The molecular formula is C10H22O6P. The van der Waals surface area contributed by atoms with E-state index >= 15 is 0 Å². The Bertz CT molecular complexity index is 193. The van der Waals surface area contributed by atoms with Gasteiger partial charge in [-0.2, -0.15) is 0 Å². The fraction of sp³-hybridized carbons (Fsp3) is 1.00. The summed E-state index contributed by atoms with van der Waals surface area (Å²) in [6, 6.07) is 0. The van der Waals surface area contributed by atoms with Gasteiger partial charge >= 0.3 is 7.82 Å². The van der Waals surface area contributed by atoms with Crippen LogP contribution in [0.4, 0.5) is 0 Å². The fourth-order valence-corrected chi connectivity index (χ4v) is 1.78. The quantitative estimate of drug-likeness (QED) is 0.402. The topological polar surface area (TPSA) is 73.9 Å². The molecule has 6 nitrogen and oxygen atoms in total. The molecule has 0 amide bonds. The molecule has 0 unspecified atom stereocenters. The molecule has 0 atom stereocenters. The Balaban J connectivity index is 3.42. The van der Waals surface area contributed by atoms with Crippen molar-refractivity contribution in [1.82, 2.24) is 0 Å². The van der Waals surface area contributed by atoms with Crippen LogP contribution in [0.1, 0.15) is 26.7 Å². The van der Waals surface area contributed by atoms with Crippen LogP contribution in [0.5, 0.6) is 0 Å². The molecule has 0 aromatic rings. The lowest BCUT2D eigenvalue weighted by atomic mass is 10.5. The normalized spacial score (nSPS) is 11.9. The average molecular weight is 269 g/mol. The van der Waals surface area contributed by atoms with E-state index in [1.165, 1.54) is 0 Å². The minimum Gasteiger partial charge on any atom is -0.382 e. The molecule has 0 saturated carbocycles. The van der Waals surface area contributed by atoms with Crippen molar-refractivity contribution < 1.29 is 28.0 Å². The summed E-state index contributed by atoms with van der Waals surface area (Å²) in [7, 11) is -4.15. The van der Waals surface area contributed by atoms with Crippen molar-refractivity contribution in [2.24, 2.45) is 0 Å². The van der Waals surface area contributed by atoms with Gasteiger partial charge in [-0.05, 0) is 26.7 Å². The zero-order valence-corrected chi connectivity index (χ0v) is 11.4. The monoisotopic (exact) mass is 269 g/mol. The molecule has 0 fully saturated rings. The van der Waals surface area contributed by atoms with Gasteiger partial charge < -0.3 is 9.47 Å². The number of rotatable bonds is 12. The minimum atomic E-state index is -4.15.